The Labute approximate surface area is 186 Å². The first-order valence-corrected chi connectivity index (χ1v) is 9.72. The number of halogens is 3. The van der Waals surface area contributed by atoms with Crippen LogP contribution >= 0.6 is 0 Å². The molecule has 3 aromatic carbocycles. The number of carbonyl (C=O) groups is 2. The van der Waals surface area contributed by atoms with E-state index in [2.05, 4.69) is 10.6 Å². The fraction of sp³-hybridized carbons (Fsp3) is 0.0833. The molecule has 0 unspecified atom stereocenters. The minimum atomic E-state index is -4.51. The number of para-hydroxylation sites is 1. The molecule has 0 saturated carbocycles. The summed E-state index contributed by atoms with van der Waals surface area (Å²) in [6, 6.07) is 17.1. The molecule has 1 heterocycles. The van der Waals surface area contributed by atoms with Gasteiger partial charge in [0.15, 0.2) is 0 Å². The van der Waals surface area contributed by atoms with E-state index in [4.69, 9.17) is 9.15 Å². The average Bonchev–Trinajstić information content (AvgIpc) is 3.17. The van der Waals surface area contributed by atoms with Crippen LogP contribution in [0.1, 0.15) is 26.5 Å². The molecule has 0 atom stereocenters. The SMILES string of the molecule is COc1ccc(NC(=O)c2oc3ccccc3c2NC(=O)c2ccc(C(F)(F)F)cc2)cc1. The maximum Gasteiger partial charge on any atom is 0.416 e. The number of ether oxygens (including phenoxy) is 1. The molecule has 0 saturated heterocycles. The predicted octanol–water partition coefficient (Wildman–Crippen LogP) is 5.96. The molecule has 1 aromatic heterocycles. The zero-order chi connectivity index (χ0) is 23.6. The summed E-state index contributed by atoms with van der Waals surface area (Å²) in [7, 11) is 1.52. The van der Waals surface area contributed by atoms with Crippen molar-refractivity contribution in [2.24, 2.45) is 0 Å². The molecule has 9 heteroatoms. The van der Waals surface area contributed by atoms with Gasteiger partial charge in [0.1, 0.15) is 17.0 Å². The molecule has 0 aliphatic rings. The number of fused-ring (bicyclic) bond motifs is 1. The summed E-state index contributed by atoms with van der Waals surface area (Å²) in [6.07, 6.45) is -4.51. The Bertz CT molecular complexity index is 1310. The highest BCUT2D eigenvalue weighted by molar-refractivity contribution is 6.16. The van der Waals surface area contributed by atoms with Gasteiger partial charge >= 0.3 is 6.18 Å². The van der Waals surface area contributed by atoms with Gasteiger partial charge in [-0.1, -0.05) is 12.1 Å². The summed E-state index contributed by atoms with van der Waals surface area (Å²) in [5.41, 5.74) is 0.0741. The highest BCUT2D eigenvalue weighted by Crippen LogP contribution is 2.33. The normalized spacial score (nSPS) is 11.3. The lowest BCUT2D eigenvalue weighted by Gasteiger charge is -2.09. The number of nitrogens with one attached hydrogen (secondary N) is 2. The van der Waals surface area contributed by atoms with E-state index in [1.54, 1.807) is 48.5 Å². The van der Waals surface area contributed by atoms with Gasteiger partial charge in [-0.3, -0.25) is 9.59 Å². The maximum absolute atomic E-state index is 12.9. The molecule has 6 nitrogen and oxygen atoms in total. The van der Waals surface area contributed by atoms with Gasteiger partial charge in [-0.15, -0.1) is 0 Å². The number of hydrogen-bond donors (Lipinski definition) is 2. The fourth-order valence-corrected chi connectivity index (χ4v) is 3.19. The van der Waals surface area contributed by atoms with E-state index in [1.165, 1.54) is 7.11 Å². The lowest BCUT2D eigenvalue weighted by atomic mass is 10.1. The standard InChI is InChI=1S/C24H17F3N2O4/c1-32-17-12-10-16(11-13-17)28-23(31)21-20(18-4-2-3-5-19(18)33-21)29-22(30)14-6-8-15(9-7-14)24(25,26)27/h2-13H,1H3,(H,28,31)(H,29,30). The first-order valence-electron chi connectivity index (χ1n) is 9.72. The fourth-order valence-electron chi connectivity index (χ4n) is 3.19. The minimum Gasteiger partial charge on any atom is -0.497 e. The molecule has 33 heavy (non-hydrogen) atoms. The zero-order valence-electron chi connectivity index (χ0n) is 17.2. The van der Waals surface area contributed by atoms with Gasteiger partial charge in [0.2, 0.25) is 5.76 Å². The quantitative estimate of drug-likeness (QED) is 0.390. The molecule has 0 aliphatic carbocycles. The summed E-state index contributed by atoms with van der Waals surface area (Å²) in [5.74, 6) is -0.832. The van der Waals surface area contributed by atoms with Gasteiger partial charge in [-0.25, -0.2) is 0 Å². The van der Waals surface area contributed by atoms with Gasteiger partial charge in [0.05, 0.1) is 12.7 Å². The molecule has 0 aliphatic heterocycles. The molecule has 0 bridgehead atoms. The second-order valence-corrected chi connectivity index (χ2v) is 7.01. The van der Waals surface area contributed by atoms with Crippen molar-refractivity contribution in [3.63, 3.8) is 0 Å². The Balaban J connectivity index is 1.63. The van der Waals surface area contributed by atoms with Gasteiger partial charge in [0, 0.05) is 16.6 Å². The van der Waals surface area contributed by atoms with Crippen LogP contribution in [-0.4, -0.2) is 18.9 Å². The molecule has 4 aromatic rings. The van der Waals surface area contributed by atoms with Crippen molar-refractivity contribution in [2.75, 3.05) is 17.7 Å². The second kappa shape index (κ2) is 8.70. The number of benzene rings is 3. The van der Waals surface area contributed by atoms with Crippen molar-refractivity contribution in [2.45, 2.75) is 6.18 Å². The molecule has 0 fully saturated rings. The van der Waals surface area contributed by atoms with Crippen molar-refractivity contribution in [1.82, 2.24) is 0 Å². The Morgan fingerprint density at radius 1 is 0.848 bits per heavy atom. The van der Waals surface area contributed by atoms with Crippen LogP contribution in [0.15, 0.2) is 77.2 Å². The average molecular weight is 454 g/mol. The van der Waals surface area contributed by atoms with Gasteiger partial charge in [0.25, 0.3) is 11.8 Å². The van der Waals surface area contributed by atoms with Crippen molar-refractivity contribution in [3.05, 3.63) is 89.7 Å². The smallest absolute Gasteiger partial charge is 0.416 e. The molecule has 168 valence electrons. The highest BCUT2D eigenvalue weighted by atomic mass is 19.4. The Morgan fingerprint density at radius 3 is 2.15 bits per heavy atom. The van der Waals surface area contributed by atoms with Crippen LogP contribution in [0.25, 0.3) is 11.0 Å². The van der Waals surface area contributed by atoms with E-state index in [0.29, 0.717) is 22.4 Å². The highest BCUT2D eigenvalue weighted by Gasteiger charge is 2.30. The summed E-state index contributed by atoms with van der Waals surface area (Å²) in [5, 5.41) is 5.75. The first-order chi connectivity index (χ1) is 15.8. The predicted molar refractivity (Wildman–Crippen MR) is 117 cm³/mol. The van der Waals surface area contributed by atoms with E-state index in [-0.39, 0.29) is 17.0 Å². The third-order valence-corrected chi connectivity index (χ3v) is 4.86. The topological polar surface area (TPSA) is 80.6 Å². The van der Waals surface area contributed by atoms with Crippen molar-refractivity contribution < 1.29 is 31.9 Å². The number of anilines is 2. The number of carbonyl (C=O) groups excluding carboxylic acids is 2. The number of hydrogen-bond acceptors (Lipinski definition) is 4. The number of rotatable bonds is 5. The number of furan rings is 1. The first kappa shape index (κ1) is 21.9. The molecule has 0 radical (unpaired) electrons. The summed E-state index contributed by atoms with van der Waals surface area (Å²) < 4.78 is 49.2. The molecule has 2 amide bonds. The van der Waals surface area contributed by atoms with Crippen LogP contribution in [0, 0.1) is 0 Å². The molecule has 4 rings (SSSR count). The van der Waals surface area contributed by atoms with E-state index >= 15 is 0 Å². The van der Waals surface area contributed by atoms with Gasteiger partial charge < -0.3 is 19.8 Å². The van der Waals surface area contributed by atoms with E-state index < -0.39 is 23.6 Å². The lowest BCUT2D eigenvalue weighted by Crippen LogP contribution is -2.17. The summed E-state index contributed by atoms with van der Waals surface area (Å²) >= 11 is 0. The summed E-state index contributed by atoms with van der Waals surface area (Å²) in [6.45, 7) is 0. The van der Waals surface area contributed by atoms with E-state index in [1.807, 2.05) is 0 Å². The monoisotopic (exact) mass is 454 g/mol. The Hall–Kier alpha value is -4.27. The van der Waals surface area contributed by atoms with Crippen LogP contribution in [0.5, 0.6) is 5.75 Å². The lowest BCUT2D eigenvalue weighted by molar-refractivity contribution is -0.137. The Kier molecular flexibility index (Phi) is 5.78. The van der Waals surface area contributed by atoms with E-state index in [0.717, 1.165) is 24.3 Å². The molecule has 0 spiro atoms. The van der Waals surface area contributed by atoms with Crippen molar-refractivity contribution >= 4 is 34.2 Å². The minimum absolute atomic E-state index is 0.00482. The van der Waals surface area contributed by atoms with Crippen LogP contribution in [0.2, 0.25) is 0 Å². The number of amides is 2. The second-order valence-electron chi connectivity index (χ2n) is 7.01. The van der Waals surface area contributed by atoms with Crippen LogP contribution < -0.4 is 15.4 Å². The number of alkyl halides is 3. The number of methoxy groups -OCH3 is 1. The van der Waals surface area contributed by atoms with Crippen molar-refractivity contribution in [1.29, 1.82) is 0 Å². The zero-order valence-corrected chi connectivity index (χ0v) is 17.2. The molecular weight excluding hydrogens is 437 g/mol. The van der Waals surface area contributed by atoms with Gasteiger partial charge in [-0.05, 0) is 60.7 Å². The molecular formula is C24H17F3N2O4. The third-order valence-electron chi connectivity index (χ3n) is 4.86. The summed E-state index contributed by atoms with van der Waals surface area (Å²) in [4.78, 5) is 25.7. The molecule has 2 N–H and O–H groups in total. The largest absolute Gasteiger partial charge is 0.497 e. The van der Waals surface area contributed by atoms with Crippen molar-refractivity contribution in [3.8, 4) is 5.75 Å². The maximum atomic E-state index is 12.9. The van der Waals surface area contributed by atoms with E-state index in [9.17, 15) is 22.8 Å². The van der Waals surface area contributed by atoms with Crippen LogP contribution in [0.3, 0.4) is 0 Å². The Morgan fingerprint density at radius 2 is 1.52 bits per heavy atom. The van der Waals surface area contributed by atoms with Crippen LogP contribution in [0.4, 0.5) is 24.5 Å². The van der Waals surface area contributed by atoms with Crippen LogP contribution in [-0.2, 0) is 6.18 Å². The van der Waals surface area contributed by atoms with Gasteiger partial charge in [-0.2, -0.15) is 13.2 Å². The third kappa shape index (κ3) is 4.67.